The third kappa shape index (κ3) is 1.84. The summed E-state index contributed by atoms with van der Waals surface area (Å²) in [5.41, 5.74) is 0.106. The van der Waals surface area contributed by atoms with Crippen molar-refractivity contribution in [2.75, 3.05) is 0 Å². The molecule has 2 N–H and O–H groups in total. The monoisotopic (exact) mass is 283 g/mol. The highest BCUT2D eigenvalue weighted by molar-refractivity contribution is 7.89. The van der Waals surface area contributed by atoms with Crippen LogP contribution < -0.4 is 4.72 Å². The van der Waals surface area contributed by atoms with Crippen molar-refractivity contribution in [2.45, 2.75) is 51.0 Å². The van der Waals surface area contributed by atoms with E-state index in [2.05, 4.69) is 35.7 Å². The van der Waals surface area contributed by atoms with E-state index in [-0.39, 0.29) is 21.8 Å². The number of aromatic nitrogens is 2. The van der Waals surface area contributed by atoms with E-state index < -0.39 is 10.0 Å². The molecule has 2 bridgehead atoms. The van der Waals surface area contributed by atoms with Gasteiger partial charge in [-0.25, -0.2) is 13.1 Å². The van der Waals surface area contributed by atoms with Gasteiger partial charge in [-0.3, -0.25) is 5.10 Å². The number of fused-ring (bicyclic) bond motifs is 2. The number of sulfonamides is 1. The summed E-state index contributed by atoms with van der Waals surface area (Å²) in [4.78, 5) is 0.217. The van der Waals surface area contributed by atoms with Crippen LogP contribution in [0.1, 0.15) is 40.0 Å². The Morgan fingerprint density at radius 2 is 2.16 bits per heavy atom. The van der Waals surface area contributed by atoms with Gasteiger partial charge >= 0.3 is 0 Å². The van der Waals surface area contributed by atoms with Crippen LogP contribution in [0.15, 0.2) is 17.3 Å². The van der Waals surface area contributed by atoms with Crippen LogP contribution in [-0.2, 0) is 10.0 Å². The van der Waals surface area contributed by atoms with Crippen LogP contribution in [0.4, 0.5) is 0 Å². The molecule has 0 saturated heterocycles. The van der Waals surface area contributed by atoms with Crippen molar-refractivity contribution in [1.82, 2.24) is 14.9 Å². The zero-order valence-electron chi connectivity index (χ0n) is 11.6. The number of aromatic amines is 1. The molecule has 3 rings (SSSR count). The lowest BCUT2D eigenvalue weighted by molar-refractivity contribution is 0.127. The fourth-order valence-corrected chi connectivity index (χ4v) is 5.64. The summed E-state index contributed by atoms with van der Waals surface area (Å²) in [5.74, 6) is 0.620. The largest absolute Gasteiger partial charge is 0.284 e. The maximum Gasteiger partial charge on any atom is 0.243 e. The van der Waals surface area contributed by atoms with Gasteiger partial charge in [0.2, 0.25) is 10.0 Å². The Morgan fingerprint density at radius 1 is 1.42 bits per heavy atom. The second kappa shape index (κ2) is 3.82. The van der Waals surface area contributed by atoms with Crippen LogP contribution in [0.25, 0.3) is 0 Å². The Hall–Kier alpha value is -0.880. The average Bonchev–Trinajstić information content (AvgIpc) is 2.97. The molecule has 3 atom stereocenters. The van der Waals surface area contributed by atoms with Crippen molar-refractivity contribution in [2.24, 2.45) is 16.7 Å². The van der Waals surface area contributed by atoms with Crippen LogP contribution in [-0.4, -0.2) is 24.7 Å². The number of rotatable bonds is 3. The lowest BCUT2D eigenvalue weighted by Crippen LogP contribution is -2.52. The van der Waals surface area contributed by atoms with Crippen molar-refractivity contribution in [3.8, 4) is 0 Å². The molecule has 0 radical (unpaired) electrons. The lowest BCUT2D eigenvalue weighted by Gasteiger charge is -2.42. The van der Waals surface area contributed by atoms with Crippen LogP contribution in [0, 0.1) is 16.7 Å². The minimum Gasteiger partial charge on any atom is -0.284 e. The van der Waals surface area contributed by atoms with Crippen molar-refractivity contribution in [1.29, 1.82) is 0 Å². The van der Waals surface area contributed by atoms with Crippen molar-refractivity contribution in [3.63, 3.8) is 0 Å². The number of nitrogens with one attached hydrogen (secondary N) is 2. The van der Waals surface area contributed by atoms with Crippen molar-refractivity contribution >= 4 is 10.0 Å². The van der Waals surface area contributed by atoms with E-state index in [1.54, 1.807) is 0 Å². The Kier molecular flexibility index (Phi) is 2.64. The maximum atomic E-state index is 12.4. The molecule has 2 fully saturated rings. The number of H-pyrrole nitrogens is 1. The summed E-state index contributed by atoms with van der Waals surface area (Å²) in [6.45, 7) is 6.58. The molecule has 2 aliphatic rings. The predicted molar refractivity (Wildman–Crippen MR) is 71.9 cm³/mol. The van der Waals surface area contributed by atoms with E-state index in [0.29, 0.717) is 5.92 Å². The molecule has 106 valence electrons. The van der Waals surface area contributed by atoms with Crippen LogP contribution in [0.2, 0.25) is 0 Å². The molecule has 1 aromatic rings. The van der Waals surface area contributed by atoms with Crippen LogP contribution in [0.5, 0.6) is 0 Å². The van der Waals surface area contributed by atoms with E-state index in [9.17, 15) is 8.42 Å². The maximum absolute atomic E-state index is 12.4. The Labute approximate surface area is 114 Å². The van der Waals surface area contributed by atoms with Gasteiger partial charge in [-0.2, -0.15) is 5.10 Å². The molecule has 6 heteroatoms. The van der Waals surface area contributed by atoms with Gasteiger partial charge in [0.25, 0.3) is 0 Å². The van der Waals surface area contributed by atoms with E-state index >= 15 is 0 Å². The highest BCUT2D eigenvalue weighted by atomic mass is 32.2. The third-order valence-electron chi connectivity index (χ3n) is 5.33. The lowest BCUT2D eigenvalue weighted by atomic mass is 9.69. The fraction of sp³-hybridized carbons (Fsp3) is 0.769. The first-order chi connectivity index (χ1) is 8.76. The van der Waals surface area contributed by atoms with Gasteiger partial charge in [0.15, 0.2) is 0 Å². The zero-order valence-corrected chi connectivity index (χ0v) is 12.4. The van der Waals surface area contributed by atoms with Crippen molar-refractivity contribution < 1.29 is 8.42 Å². The summed E-state index contributed by atoms with van der Waals surface area (Å²) in [6.07, 6.45) is 6.22. The highest BCUT2D eigenvalue weighted by Crippen LogP contribution is 2.62. The first kappa shape index (κ1) is 13.1. The molecule has 0 aliphatic heterocycles. The second-order valence-electron chi connectivity index (χ2n) is 6.90. The molecule has 19 heavy (non-hydrogen) atoms. The number of nitrogens with zero attached hydrogens (tertiary/aromatic N) is 1. The Morgan fingerprint density at radius 3 is 2.68 bits per heavy atom. The molecule has 2 aliphatic carbocycles. The Bertz CT molecular complexity index is 574. The predicted octanol–water partition coefficient (Wildman–Crippen LogP) is 1.90. The van der Waals surface area contributed by atoms with E-state index in [1.807, 2.05) is 0 Å². The smallest absolute Gasteiger partial charge is 0.243 e. The molecule has 1 aromatic heterocycles. The minimum absolute atomic E-state index is 0.00125. The normalized spacial score (nSPS) is 36.8. The first-order valence-electron chi connectivity index (χ1n) is 6.77. The third-order valence-corrected chi connectivity index (χ3v) is 6.72. The van der Waals surface area contributed by atoms with E-state index in [0.717, 1.165) is 12.8 Å². The second-order valence-corrected chi connectivity index (χ2v) is 8.62. The van der Waals surface area contributed by atoms with Crippen LogP contribution in [0.3, 0.4) is 0 Å². The first-order valence-corrected chi connectivity index (χ1v) is 8.25. The molecule has 5 nitrogen and oxygen atoms in total. The summed E-state index contributed by atoms with van der Waals surface area (Å²) in [5, 5.41) is 6.28. The highest BCUT2D eigenvalue weighted by Gasteiger charge is 2.60. The quantitative estimate of drug-likeness (QED) is 0.889. The van der Waals surface area contributed by atoms with Gasteiger partial charge in [0.05, 0.1) is 6.20 Å². The zero-order chi connectivity index (χ0) is 13.9. The van der Waals surface area contributed by atoms with Gasteiger partial charge in [-0.05, 0) is 36.0 Å². The van der Waals surface area contributed by atoms with E-state index in [4.69, 9.17) is 0 Å². The average molecular weight is 283 g/mol. The standard InChI is InChI=1S/C13H21N3O2S/c1-12(2)9-4-5-13(3,6-9)11(12)16-19(17,18)10-7-14-15-8-10/h7-9,11,16H,4-6H2,1-3H3,(H,14,15). The SMILES string of the molecule is CC12CCC(C1)C(C)(C)C2NS(=O)(=O)c1cn[nH]c1. The molecule has 0 spiro atoms. The molecule has 0 amide bonds. The van der Waals surface area contributed by atoms with E-state index in [1.165, 1.54) is 18.8 Å². The molecular weight excluding hydrogens is 262 g/mol. The summed E-state index contributed by atoms with van der Waals surface area (Å²) < 4.78 is 27.7. The van der Waals surface area contributed by atoms with Gasteiger partial charge in [0, 0.05) is 12.2 Å². The van der Waals surface area contributed by atoms with Gasteiger partial charge < -0.3 is 0 Å². The van der Waals surface area contributed by atoms with Gasteiger partial charge in [-0.1, -0.05) is 20.8 Å². The van der Waals surface area contributed by atoms with Crippen LogP contribution >= 0.6 is 0 Å². The fourth-order valence-electron chi connectivity index (χ4n) is 4.21. The number of hydrogen-bond acceptors (Lipinski definition) is 3. The molecular formula is C13H21N3O2S. The molecule has 2 saturated carbocycles. The number of hydrogen-bond donors (Lipinski definition) is 2. The summed E-state index contributed by atoms with van der Waals surface area (Å²) in [7, 11) is -3.48. The Balaban J connectivity index is 1.92. The molecule has 3 unspecified atom stereocenters. The summed E-state index contributed by atoms with van der Waals surface area (Å²) >= 11 is 0. The minimum atomic E-state index is -3.48. The van der Waals surface area contributed by atoms with Gasteiger partial charge in [0.1, 0.15) is 4.90 Å². The van der Waals surface area contributed by atoms with Gasteiger partial charge in [-0.15, -0.1) is 0 Å². The summed E-state index contributed by atoms with van der Waals surface area (Å²) in [6, 6.07) is -0.00125. The molecule has 0 aromatic carbocycles. The molecule has 1 heterocycles. The van der Waals surface area contributed by atoms with Crippen molar-refractivity contribution in [3.05, 3.63) is 12.4 Å². The topological polar surface area (TPSA) is 74.8 Å².